The highest BCUT2D eigenvalue weighted by atomic mass is 28.3. The molecule has 2 aliphatic rings. The summed E-state index contributed by atoms with van der Waals surface area (Å²) in [6.45, 7) is 18.8. The van der Waals surface area contributed by atoms with E-state index in [1.54, 1.807) is 13.0 Å². The van der Waals surface area contributed by atoms with Crippen molar-refractivity contribution in [3.8, 4) is 0 Å². The first-order chi connectivity index (χ1) is 15.0. The van der Waals surface area contributed by atoms with E-state index in [-0.39, 0.29) is 24.4 Å². The second kappa shape index (κ2) is 9.72. The molecule has 0 radical (unpaired) electrons. The predicted octanol–water partition coefficient (Wildman–Crippen LogP) is 5.15. The van der Waals surface area contributed by atoms with Crippen LogP contribution in [0.2, 0.25) is 51.4 Å². The number of hydrogen-bond donors (Lipinski definition) is 0. The highest BCUT2D eigenvalue weighted by Gasteiger charge is 2.78. The lowest BCUT2D eigenvalue weighted by Gasteiger charge is -2.39. The highest BCUT2D eigenvalue weighted by molar-refractivity contribution is 6.76. The molecular formula is C25H42O6Si2. The molecule has 2 bridgehead atoms. The zero-order valence-corrected chi connectivity index (χ0v) is 23.9. The molecule has 33 heavy (non-hydrogen) atoms. The number of rotatable bonds is 12. The lowest BCUT2D eigenvalue weighted by atomic mass is 9.67. The molecule has 0 aromatic heterocycles. The molecule has 2 rings (SSSR count). The lowest BCUT2D eigenvalue weighted by molar-refractivity contribution is -0.240. The Hall–Kier alpha value is -1.36. The van der Waals surface area contributed by atoms with Gasteiger partial charge in [-0.1, -0.05) is 51.4 Å². The van der Waals surface area contributed by atoms with Gasteiger partial charge in [0, 0.05) is 29.2 Å². The molecule has 3 atom stereocenters. The van der Waals surface area contributed by atoms with E-state index in [1.165, 1.54) is 6.92 Å². The van der Waals surface area contributed by atoms with Crippen LogP contribution in [0.5, 0.6) is 0 Å². The van der Waals surface area contributed by atoms with E-state index < -0.39 is 44.7 Å². The molecule has 0 amide bonds. The van der Waals surface area contributed by atoms with Gasteiger partial charge in [0.2, 0.25) is 5.79 Å². The second-order valence-electron chi connectivity index (χ2n) is 12.0. The van der Waals surface area contributed by atoms with E-state index in [2.05, 4.69) is 39.3 Å². The van der Waals surface area contributed by atoms with Crippen molar-refractivity contribution < 1.29 is 28.6 Å². The van der Waals surface area contributed by atoms with Crippen LogP contribution in [0.25, 0.3) is 0 Å². The van der Waals surface area contributed by atoms with Crippen LogP contribution in [-0.2, 0) is 28.6 Å². The maximum atomic E-state index is 13.6. The smallest absolute Gasteiger partial charge is 0.325 e. The van der Waals surface area contributed by atoms with Crippen LogP contribution in [0, 0.1) is 5.41 Å². The van der Waals surface area contributed by atoms with E-state index in [9.17, 15) is 14.4 Å². The van der Waals surface area contributed by atoms with Crippen LogP contribution in [0.15, 0.2) is 23.8 Å². The van der Waals surface area contributed by atoms with Crippen molar-refractivity contribution in [2.24, 2.45) is 5.41 Å². The third-order valence-corrected chi connectivity index (χ3v) is 9.83. The standard InChI is InChI=1S/C25H42O6Si2/c1-10-11-12-13-20(26)19-18-23(2)21(27)24(3,22(28)29-14-16-32(4,5)6)25(19,31-23)30-15-17-33(7,8)9/h10-11,18H,12-17H2,1-9H3/b11-10+/t23-,24?,25+/m0/s1. The molecule has 1 unspecified atom stereocenters. The van der Waals surface area contributed by atoms with Crippen molar-refractivity contribution in [1.82, 2.24) is 0 Å². The van der Waals surface area contributed by atoms with Crippen LogP contribution in [0.3, 0.4) is 0 Å². The molecule has 0 aromatic rings. The Morgan fingerprint density at radius 2 is 1.61 bits per heavy atom. The first kappa shape index (κ1) is 27.9. The Morgan fingerprint density at radius 1 is 1.03 bits per heavy atom. The number of ketones is 2. The summed E-state index contributed by atoms with van der Waals surface area (Å²) in [4.78, 5) is 40.3. The SMILES string of the molecule is C/C=C/CCC(=O)C1=C[C@]2(C)O[C@@]1(OCC[Si](C)(C)C)C(C)(C(=O)OCC[Si](C)(C)C)C2=O. The van der Waals surface area contributed by atoms with Crippen molar-refractivity contribution >= 4 is 33.7 Å². The van der Waals surface area contributed by atoms with Crippen molar-refractivity contribution in [3.63, 3.8) is 0 Å². The zero-order chi connectivity index (χ0) is 25.3. The van der Waals surface area contributed by atoms with Gasteiger partial charge in [-0.3, -0.25) is 14.4 Å². The van der Waals surface area contributed by atoms with Gasteiger partial charge >= 0.3 is 5.97 Å². The van der Waals surface area contributed by atoms with E-state index >= 15 is 0 Å². The monoisotopic (exact) mass is 494 g/mol. The summed E-state index contributed by atoms with van der Waals surface area (Å²) < 4.78 is 18.2. The molecule has 2 heterocycles. The van der Waals surface area contributed by atoms with Crippen LogP contribution in [0.1, 0.15) is 33.6 Å². The summed E-state index contributed by atoms with van der Waals surface area (Å²) in [5.41, 5.74) is -2.85. The van der Waals surface area contributed by atoms with Gasteiger partial charge in [-0.2, -0.15) is 0 Å². The number of ether oxygens (including phenoxy) is 3. The van der Waals surface area contributed by atoms with Gasteiger partial charge < -0.3 is 14.2 Å². The molecule has 2 aliphatic heterocycles. The summed E-state index contributed by atoms with van der Waals surface area (Å²) in [5.74, 6) is -3.00. The van der Waals surface area contributed by atoms with Crippen molar-refractivity contribution in [3.05, 3.63) is 23.8 Å². The molecule has 0 spiro atoms. The van der Waals surface area contributed by atoms with E-state index in [0.717, 1.165) is 12.1 Å². The molecule has 1 fully saturated rings. The summed E-state index contributed by atoms with van der Waals surface area (Å²) >= 11 is 0. The average Bonchev–Trinajstić information content (AvgIpc) is 3.07. The van der Waals surface area contributed by atoms with Gasteiger partial charge in [-0.15, -0.1) is 0 Å². The largest absolute Gasteiger partial charge is 0.465 e. The first-order valence-corrected chi connectivity index (χ1v) is 19.4. The van der Waals surface area contributed by atoms with E-state index in [1.807, 2.05) is 19.1 Å². The molecule has 8 heteroatoms. The number of hydrogen-bond acceptors (Lipinski definition) is 6. The molecule has 0 saturated carbocycles. The Balaban J connectivity index is 2.44. The third kappa shape index (κ3) is 5.66. The Labute approximate surface area is 201 Å². The zero-order valence-electron chi connectivity index (χ0n) is 21.9. The summed E-state index contributed by atoms with van der Waals surface area (Å²) in [6, 6.07) is 1.60. The quantitative estimate of drug-likeness (QED) is 0.162. The maximum Gasteiger partial charge on any atom is 0.325 e. The van der Waals surface area contributed by atoms with Crippen LogP contribution in [0.4, 0.5) is 0 Å². The molecule has 186 valence electrons. The van der Waals surface area contributed by atoms with Gasteiger partial charge in [0.15, 0.2) is 17.0 Å². The topological polar surface area (TPSA) is 78.9 Å². The number of carbonyl (C=O) groups is 3. The number of allylic oxidation sites excluding steroid dienone is 2. The van der Waals surface area contributed by atoms with E-state index in [0.29, 0.717) is 13.0 Å². The summed E-state index contributed by atoms with van der Waals surface area (Å²) in [6.07, 6.45) is 6.20. The third-order valence-electron chi connectivity index (χ3n) is 6.42. The predicted molar refractivity (Wildman–Crippen MR) is 136 cm³/mol. The van der Waals surface area contributed by atoms with Crippen LogP contribution in [-0.4, -0.2) is 58.3 Å². The highest BCUT2D eigenvalue weighted by Crippen LogP contribution is 2.59. The molecule has 6 nitrogen and oxygen atoms in total. The number of esters is 1. The van der Waals surface area contributed by atoms with Crippen molar-refractivity contribution in [2.45, 2.75) is 96.4 Å². The van der Waals surface area contributed by atoms with Gasteiger partial charge in [0.25, 0.3) is 0 Å². The Kier molecular flexibility index (Phi) is 8.21. The molecule has 0 aliphatic carbocycles. The number of carbonyl (C=O) groups excluding carboxylic acids is 3. The molecule has 0 N–H and O–H groups in total. The fourth-order valence-corrected chi connectivity index (χ4v) is 5.67. The Bertz CT molecular complexity index is 850. The fraction of sp³-hybridized carbons (Fsp3) is 0.720. The molecular weight excluding hydrogens is 452 g/mol. The van der Waals surface area contributed by atoms with Crippen LogP contribution < -0.4 is 0 Å². The number of fused-ring (bicyclic) bond motifs is 2. The summed E-state index contributed by atoms with van der Waals surface area (Å²) in [7, 11) is -2.92. The molecule has 0 aromatic carbocycles. The first-order valence-electron chi connectivity index (χ1n) is 12.0. The minimum Gasteiger partial charge on any atom is -0.465 e. The fourth-order valence-electron chi connectivity index (χ4n) is 4.24. The maximum absolute atomic E-state index is 13.6. The van der Waals surface area contributed by atoms with Gasteiger partial charge in [-0.25, -0.2) is 0 Å². The number of Topliss-reactive ketones (excluding diaryl/α,β-unsaturated/α-hetero) is 2. The average molecular weight is 495 g/mol. The van der Waals surface area contributed by atoms with Crippen molar-refractivity contribution in [2.75, 3.05) is 13.2 Å². The van der Waals surface area contributed by atoms with Gasteiger partial charge in [-0.05, 0) is 45.4 Å². The molecule has 1 saturated heterocycles. The minimum absolute atomic E-state index is 0.168. The van der Waals surface area contributed by atoms with E-state index in [4.69, 9.17) is 14.2 Å². The summed E-state index contributed by atoms with van der Waals surface area (Å²) in [5, 5.41) is 0. The van der Waals surface area contributed by atoms with Crippen LogP contribution >= 0.6 is 0 Å². The second-order valence-corrected chi connectivity index (χ2v) is 23.2. The lowest BCUT2D eigenvalue weighted by Crippen LogP contribution is -2.58. The van der Waals surface area contributed by atoms with Crippen molar-refractivity contribution in [1.29, 1.82) is 0 Å². The van der Waals surface area contributed by atoms with Gasteiger partial charge in [0.05, 0.1) is 12.2 Å². The van der Waals surface area contributed by atoms with Gasteiger partial charge in [0.1, 0.15) is 5.60 Å². The Morgan fingerprint density at radius 3 is 2.15 bits per heavy atom. The minimum atomic E-state index is -1.75. The normalized spacial score (nSPS) is 29.6.